The molecule has 1 aromatic rings. The largest absolute Gasteiger partial charge is 0.465 e. The summed E-state index contributed by atoms with van der Waals surface area (Å²) in [4.78, 5) is 24.8. The number of ether oxygens (including phenoxy) is 2. The van der Waals surface area contributed by atoms with Crippen molar-refractivity contribution in [2.75, 3.05) is 26.8 Å². The number of aliphatic hydroxyl groups is 1. The second-order valence-electron chi connectivity index (χ2n) is 7.69. The number of nitrogens with zero attached hydrogens (tertiary/aromatic N) is 1. The lowest BCUT2D eigenvalue weighted by atomic mass is 9.88. The molecule has 2 heterocycles. The number of hydrogen-bond donors (Lipinski definition) is 2. The molecule has 0 saturated carbocycles. The molecular weight excluding hydrogens is 360 g/mol. The minimum Gasteiger partial charge on any atom is -0.465 e. The molecule has 7 heteroatoms. The van der Waals surface area contributed by atoms with Gasteiger partial charge in [-0.2, -0.15) is 0 Å². The summed E-state index contributed by atoms with van der Waals surface area (Å²) in [6, 6.07) is 9.30. The molecule has 2 fully saturated rings. The van der Waals surface area contributed by atoms with Crippen molar-refractivity contribution < 1.29 is 28.7 Å². The fourth-order valence-electron chi connectivity index (χ4n) is 4.85. The van der Waals surface area contributed by atoms with E-state index in [1.54, 1.807) is 0 Å². The van der Waals surface area contributed by atoms with E-state index in [4.69, 9.17) is 9.47 Å². The Labute approximate surface area is 165 Å². The Morgan fingerprint density at radius 1 is 1.36 bits per heavy atom. The number of quaternary nitrogens is 1. The maximum absolute atomic E-state index is 12.4. The van der Waals surface area contributed by atoms with Gasteiger partial charge in [-0.3, -0.25) is 4.48 Å². The van der Waals surface area contributed by atoms with Gasteiger partial charge in [-0.1, -0.05) is 43.0 Å². The van der Waals surface area contributed by atoms with Crippen LogP contribution in [0.15, 0.2) is 43.0 Å². The SMILES string of the molecule is C=CCOC(=O)N[C@]1(Cc2ccccc2)CC[N+]2(CCC[C@H]2C(=O)OC)C1O. The van der Waals surface area contributed by atoms with Gasteiger partial charge in [-0.05, 0) is 5.56 Å². The van der Waals surface area contributed by atoms with Crippen LogP contribution in [-0.4, -0.2) is 66.3 Å². The van der Waals surface area contributed by atoms with Crippen LogP contribution >= 0.6 is 0 Å². The van der Waals surface area contributed by atoms with Gasteiger partial charge in [0.25, 0.3) is 0 Å². The molecule has 4 atom stereocenters. The van der Waals surface area contributed by atoms with Crippen molar-refractivity contribution in [3.8, 4) is 0 Å². The number of benzene rings is 1. The van der Waals surface area contributed by atoms with Gasteiger partial charge >= 0.3 is 12.1 Å². The van der Waals surface area contributed by atoms with E-state index in [0.717, 1.165) is 12.0 Å². The average Bonchev–Trinajstić information content (AvgIpc) is 3.25. The van der Waals surface area contributed by atoms with Crippen LogP contribution in [-0.2, 0) is 20.7 Å². The summed E-state index contributed by atoms with van der Waals surface area (Å²) in [5, 5.41) is 14.4. The molecule has 2 aliphatic heterocycles. The van der Waals surface area contributed by atoms with Crippen molar-refractivity contribution in [3.05, 3.63) is 48.6 Å². The first-order valence-electron chi connectivity index (χ1n) is 9.69. The normalized spacial score (nSPS) is 31.5. The third kappa shape index (κ3) is 3.64. The van der Waals surface area contributed by atoms with E-state index in [1.807, 2.05) is 30.3 Å². The van der Waals surface area contributed by atoms with E-state index in [-0.39, 0.29) is 17.1 Å². The second kappa shape index (κ2) is 8.32. The quantitative estimate of drug-likeness (QED) is 0.440. The maximum Gasteiger partial charge on any atom is 0.408 e. The van der Waals surface area contributed by atoms with Crippen molar-refractivity contribution in [2.24, 2.45) is 0 Å². The Morgan fingerprint density at radius 2 is 2.11 bits per heavy atom. The van der Waals surface area contributed by atoms with E-state index in [1.165, 1.54) is 13.2 Å². The van der Waals surface area contributed by atoms with Crippen molar-refractivity contribution in [2.45, 2.75) is 43.5 Å². The summed E-state index contributed by atoms with van der Waals surface area (Å²) in [5.41, 5.74) is 0.0791. The first-order chi connectivity index (χ1) is 13.5. The zero-order valence-electron chi connectivity index (χ0n) is 16.3. The van der Waals surface area contributed by atoms with Crippen LogP contribution < -0.4 is 5.32 Å². The zero-order valence-corrected chi connectivity index (χ0v) is 16.3. The Hall–Kier alpha value is -2.38. The fourth-order valence-corrected chi connectivity index (χ4v) is 4.85. The predicted molar refractivity (Wildman–Crippen MR) is 103 cm³/mol. The fraction of sp³-hybridized carbons (Fsp3) is 0.524. The minimum atomic E-state index is -0.935. The molecule has 1 spiro atoms. The van der Waals surface area contributed by atoms with Gasteiger partial charge in [0.15, 0.2) is 6.04 Å². The van der Waals surface area contributed by atoms with E-state index in [9.17, 15) is 14.7 Å². The molecule has 28 heavy (non-hydrogen) atoms. The van der Waals surface area contributed by atoms with Gasteiger partial charge in [0.2, 0.25) is 6.23 Å². The minimum absolute atomic E-state index is 0.0914. The van der Waals surface area contributed by atoms with Crippen LogP contribution in [0.5, 0.6) is 0 Å². The molecule has 3 rings (SSSR count). The second-order valence-corrected chi connectivity index (χ2v) is 7.69. The van der Waals surface area contributed by atoms with Crippen molar-refractivity contribution >= 4 is 12.1 Å². The number of rotatable bonds is 6. The summed E-state index contributed by atoms with van der Waals surface area (Å²) in [6.07, 6.45) is 2.47. The van der Waals surface area contributed by atoms with E-state index >= 15 is 0 Å². The molecule has 2 N–H and O–H groups in total. The first-order valence-corrected chi connectivity index (χ1v) is 9.69. The number of nitrogens with one attached hydrogen (secondary N) is 1. The number of amides is 1. The Morgan fingerprint density at radius 3 is 2.79 bits per heavy atom. The van der Waals surface area contributed by atoms with Crippen LogP contribution in [0.3, 0.4) is 0 Å². The van der Waals surface area contributed by atoms with Crippen LogP contribution in [0, 0.1) is 0 Å². The van der Waals surface area contributed by atoms with Gasteiger partial charge in [-0.25, -0.2) is 9.59 Å². The maximum atomic E-state index is 12.4. The molecule has 1 aromatic carbocycles. The first kappa shape index (κ1) is 20.4. The third-order valence-corrected chi connectivity index (χ3v) is 6.15. The van der Waals surface area contributed by atoms with E-state index in [0.29, 0.717) is 32.4 Å². The smallest absolute Gasteiger partial charge is 0.408 e. The zero-order chi connectivity index (χ0) is 20.2. The summed E-state index contributed by atoms with van der Waals surface area (Å²) in [5.74, 6) is -0.304. The lowest BCUT2D eigenvalue weighted by molar-refractivity contribution is -0.964. The van der Waals surface area contributed by atoms with Crippen LogP contribution in [0.4, 0.5) is 4.79 Å². The molecular formula is C21H29N2O5+. The molecule has 0 bridgehead atoms. The molecule has 2 unspecified atom stereocenters. The van der Waals surface area contributed by atoms with Crippen LogP contribution in [0.2, 0.25) is 0 Å². The van der Waals surface area contributed by atoms with Crippen LogP contribution in [0.1, 0.15) is 24.8 Å². The number of aliphatic hydroxyl groups excluding tert-OH is 1. The van der Waals surface area contributed by atoms with Gasteiger partial charge in [0.05, 0.1) is 20.2 Å². The van der Waals surface area contributed by atoms with Crippen molar-refractivity contribution in [3.63, 3.8) is 0 Å². The number of carbonyl (C=O) groups is 2. The molecule has 2 aliphatic rings. The monoisotopic (exact) mass is 389 g/mol. The summed E-state index contributed by atoms with van der Waals surface area (Å²) in [6.45, 7) is 4.92. The van der Waals surface area contributed by atoms with E-state index < -0.39 is 23.9 Å². The van der Waals surface area contributed by atoms with Crippen LogP contribution in [0.25, 0.3) is 0 Å². The Bertz CT molecular complexity index is 725. The highest BCUT2D eigenvalue weighted by Crippen LogP contribution is 2.43. The number of alkyl carbamates (subject to hydrolysis) is 1. The Balaban J connectivity index is 1.91. The number of hydrogen-bond acceptors (Lipinski definition) is 5. The standard InChI is InChI=1S/C21H28N2O5/c1-3-14-28-20(26)22-21(15-16-8-5-4-6-9-16)11-13-23(19(21)25)12-7-10-17(23)18(24)27-2/h3-6,8-9,17,19,25H,1,7,10-15H2,2H3/p+1/t17-,19?,21-,23?/m0/s1. The molecule has 1 amide bonds. The lowest BCUT2D eigenvalue weighted by Gasteiger charge is -2.42. The van der Waals surface area contributed by atoms with E-state index in [2.05, 4.69) is 11.9 Å². The van der Waals surface area contributed by atoms with Gasteiger partial charge in [0, 0.05) is 25.7 Å². The van der Waals surface area contributed by atoms with Gasteiger partial charge < -0.3 is 19.9 Å². The van der Waals surface area contributed by atoms with Gasteiger partial charge in [0.1, 0.15) is 12.1 Å². The highest BCUT2D eigenvalue weighted by molar-refractivity contribution is 5.74. The highest BCUT2D eigenvalue weighted by Gasteiger charge is 2.64. The predicted octanol–water partition coefficient (Wildman–Crippen LogP) is 1.75. The average molecular weight is 389 g/mol. The summed E-state index contributed by atoms with van der Waals surface area (Å²) in [7, 11) is 1.38. The number of methoxy groups -OCH3 is 1. The molecule has 0 aliphatic carbocycles. The third-order valence-electron chi connectivity index (χ3n) is 6.15. The Kier molecular flexibility index (Phi) is 6.05. The molecule has 0 aromatic heterocycles. The summed E-state index contributed by atoms with van der Waals surface area (Å²) < 4.78 is 10.4. The highest BCUT2D eigenvalue weighted by atomic mass is 16.5. The molecule has 2 saturated heterocycles. The molecule has 7 nitrogen and oxygen atoms in total. The number of esters is 1. The number of carbonyl (C=O) groups excluding carboxylic acids is 2. The van der Waals surface area contributed by atoms with Crippen molar-refractivity contribution in [1.29, 1.82) is 0 Å². The topological polar surface area (TPSA) is 84.9 Å². The van der Waals surface area contributed by atoms with Gasteiger partial charge in [-0.15, -0.1) is 0 Å². The molecule has 152 valence electrons. The molecule has 0 radical (unpaired) electrons. The summed E-state index contributed by atoms with van der Waals surface area (Å²) >= 11 is 0. The lowest BCUT2D eigenvalue weighted by Crippen LogP contribution is -2.66. The van der Waals surface area contributed by atoms with Crippen molar-refractivity contribution in [1.82, 2.24) is 5.32 Å².